The van der Waals surface area contributed by atoms with Gasteiger partial charge in [-0.2, -0.15) is 0 Å². The molecule has 0 N–H and O–H groups in total. The fourth-order valence-electron chi connectivity index (χ4n) is 2.02. The first kappa shape index (κ1) is 17.0. The van der Waals surface area contributed by atoms with Crippen LogP contribution in [0.2, 0.25) is 0 Å². The molecule has 1 saturated heterocycles. The van der Waals surface area contributed by atoms with E-state index in [0.717, 1.165) is 38.6 Å². The van der Waals surface area contributed by atoms with E-state index in [9.17, 15) is 0 Å². The van der Waals surface area contributed by atoms with E-state index in [-0.39, 0.29) is 12.4 Å². The maximum atomic E-state index is 5.70. The molecule has 0 atom stereocenters. The first-order chi connectivity index (χ1) is 9.25. The van der Waals surface area contributed by atoms with E-state index in [1.54, 1.807) is 0 Å². The smallest absolute Gasteiger partial charge is 0.120 e. The fraction of sp³-hybridized carbons (Fsp3) is 0.500. The monoisotopic (exact) mass is 297 g/mol. The summed E-state index contributed by atoms with van der Waals surface area (Å²) < 4.78 is 11.0. The van der Waals surface area contributed by atoms with E-state index in [0.29, 0.717) is 6.61 Å². The van der Waals surface area contributed by atoms with Gasteiger partial charge in [-0.25, -0.2) is 0 Å². The molecule has 1 aliphatic heterocycles. The van der Waals surface area contributed by atoms with Gasteiger partial charge < -0.3 is 9.47 Å². The first-order valence-electron chi connectivity index (χ1n) is 6.91. The molecule has 20 heavy (non-hydrogen) atoms. The maximum absolute atomic E-state index is 5.70. The van der Waals surface area contributed by atoms with Crippen molar-refractivity contribution in [2.24, 2.45) is 0 Å². The number of benzene rings is 1. The molecule has 1 aromatic carbocycles. The third-order valence-electron chi connectivity index (χ3n) is 3.46. The molecular formula is C16H24ClNO2. The molecule has 0 aliphatic carbocycles. The van der Waals surface area contributed by atoms with Crippen LogP contribution in [0, 0.1) is 13.8 Å². The van der Waals surface area contributed by atoms with Crippen LogP contribution in [0.3, 0.4) is 0 Å². The lowest BCUT2D eigenvalue weighted by Gasteiger charge is -2.25. The Labute approximate surface area is 128 Å². The maximum Gasteiger partial charge on any atom is 0.120 e. The summed E-state index contributed by atoms with van der Waals surface area (Å²) in [5.41, 5.74) is 2.57. The van der Waals surface area contributed by atoms with Crippen molar-refractivity contribution < 1.29 is 9.47 Å². The van der Waals surface area contributed by atoms with Gasteiger partial charge in [0.25, 0.3) is 0 Å². The second kappa shape index (κ2) is 9.01. The van der Waals surface area contributed by atoms with Gasteiger partial charge in [0, 0.05) is 19.6 Å². The number of halogens is 1. The molecule has 1 aromatic rings. The van der Waals surface area contributed by atoms with Crippen LogP contribution in [0.4, 0.5) is 0 Å². The molecule has 0 amide bonds. The van der Waals surface area contributed by atoms with Gasteiger partial charge in [0.2, 0.25) is 0 Å². The lowest BCUT2D eigenvalue weighted by Crippen LogP contribution is -2.36. The highest BCUT2D eigenvalue weighted by Crippen LogP contribution is 2.16. The Bertz CT molecular complexity index is 428. The predicted molar refractivity (Wildman–Crippen MR) is 85.1 cm³/mol. The van der Waals surface area contributed by atoms with Crippen molar-refractivity contribution in [1.82, 2.24) is 4.90 Å². The highest BCUT2D eigenvalue weighted by Gasteiger charge is 2.07. The summed E-state index contributed by atoms with van der Waals surface area (Å²) in [6, 6.07) is 6.21. The van der Waals surface area contributed by atoms with Crippen LogP contribution < -0.4 is 4.74 Å². The zero-order valence-electron chi connectivity index (χ0n) is 12.3. The Morgan fingerprint density at radius 3 is 2.60 bits per heavy atom. The van der Waals surface area contributed by atoms with Gasteiger partial charge >= 0.3 is 0 Å². The zero-order chi connectivity index (χ0) is 13.5. The van der Waals surface area contributed by atoms with Crippen molar-refractivity contribution >= 4 is 12.4 Å². The van der Waals surface area contributed by atoms with E-state index in [1.807, 2.05) is 6.07 Å². The van der Waals surface area contributed by atoms with Crippen LogP contribution in [0.15, 0.2) is 30.4 Å². The molecule has 0 aromatic heterocycles. The van der Waals surface area contributed by atoms with Crippen LogP contribution in [-0.4, -0.2) is 44.4 Å². The number of aryl methyl sites for hydroxylation is 2. The average molecular weight is 298 g/mol. The number of nitrogens with zero attached hydrogens (tertiary/aromatic N) is 1. The molecule has 1 aliphatic rings. The molecule has 0 bridgehead atoms. The van der Waals surface area contributed by atoms with Crippen molar-refractivity contribution in [3.05, 3.63) is 41.5 Å². The van der Waals surface area contributed by atoms with Gasteiger partial charge in [0.1, 0.15) is 12.4 Å². The van der Waals surface area contributed by atoms with Gasteiger partial charge in [-0.05, 0) is 37.1 Å². The van der Waals surface area contributed by atoms with Crippen molar-refractivity contribution in [3.8, 4) is 5.75 Å². The summed E-state index contributed by atoms with van der Waals surface area (Å²) in [4.78, 5) is 2.38. The molecule has 112 valence electrons. The SMILES string of the molecule is Cc1ccc(OC/C=C/CN2CCOCC2)cc1C.Cl. The van der Waals surface area contributed by atoms with E-state index in [4.69, 9.17) is 9.47 Å². The minimum atomic E-state index is 0. The minimum Gasteiger partial charge on any atom is -0.490 e. The summed E-state index contributed by atoms with van der Waals surface area (Å²) in [5.74, 6) is 0.944. The van der Waals surface area contributed by atoms with Crippen LogP contribution in [-0.2, 0) is 4.74 Å². The minimum absolute atomic E-state index is 0. The first-order valence-corrected chi connectivity index (χ1v) is 6.91. The van der Waals surface area contributed by atoms with Gasteiger partial charge in [-0.1, -0.05) is 18.2 Å². The van der Waals surface area contributed by atoms with E-state index >= 15 is 0 Å². The Balaban J connectivity index is 0.00000200. The van der Waals surface area contributed by atoms with Crippen LogP contribution in [0.5, 0.6) is 5.75 Å². The Hall–Kier alpha value is -1.03. The molecule has 0 unspecified atom stereocenters. The van der Waals surface area contributed by atoms with E-state index < -0.39 is 0 Å². The quantitative estimate of drug-likeness (QED) is 0.780. The lowest BCUT2D eigenvalue weighted by atomic mass is 10.1. The summed E-state index contributed by atoms with van der Waals surface area (Å²) in [7, 11) is 0. The molecule has 4 heteroatoms. The predicted octanol–water partition coefficient (Wildman–Crippen LogP) is 2.99. The normalized spacial score (nSPS) is 16.1. The molecule has 0 spiro atoms. The molecule has 3 nitrogen and oxygen atoms in total. The summed E-state index contributed by atoms with van der Waals surface area (Å²) in [6.45, 7) is 9.61. The number of ether oxygens (including phenoxy) is 2. The van der Waals surface area contributed by atoms with E-state index in [2.05, 4.69) is 43.0 Å². The van der Waals surface area contributed by atoms with Crippen LogP contribution >= 0.6 is 12.4 Å². The highest BCUT2D eigenvalue weighted by atomic mass is 35.5. The third-order valence-corrected chi connectivity index (χ3v) is 3.46. The van der Waals surface area contributed by atoms with Crippen molar-refractivity contribution in [2.75, 3.05) is 39.5 Å². The second-order valence-corrected chi connectivity index (χ2v) is 4.94. The molecule has 1 fully saturated rings. The Kier molecular flexibility index (Phi) is 7.67. The zero-order valence-corrected chi connectivity index (χ0v) is 13.1. The van der Waals surface area contributed by atoms with Crippen molar-refractivity contribution in [1.29, 1.82) is 0 Å². The number of morpholine rings is 1. The standard InChI is InChI=1S/C16H23NO2.ClH/c1-14-5-6-16(13-15(14)2)19-10-4-3-7-17-8-11-18-12-9-17;/h3-6,13H,7-12H2,1-2H3;1H/b4-3+;. The Morgan fingerprint density at radius 2 is 1.90 bits per heavy atom. The van der Waals surface area contributed by atoms with Gasteiger partial charge in [0.05, 0.1) is 13.2 Å². The average Bonchev–Trinajstić information content (AvgIpc) is 2.43. The lowest BCUT2D eigenvalue weighted by molar-refractivity contribution is 0.0434. The fourth-order valence-corrected chi connectivity index (χ4v) is 2.02. The number of rotatable bonds is 5. The Morgan fingerprint density at radius 1 is 1.15 bits per heavy atom. The number of hydrogen-bond donors (Lipinski definition) is 0. The topological polar surface area (TPSA) is 21.7 Å². The van der Waals surface area contributed by atoms with Gasteiger partial charge in [-0.3, -0.25) is 4.90 Å². The van der Waals surface area contributed by atoms with Gasteiger partial charge in [0.15, 0.2) is 0 Å². The van der Waals surface area contributed by atoms with Gasteiger partial charge in [-0.15, -0.1) is 12.4 Å². The molecule has 1 heterocycles. The largest absolute Gasteiger partial charge is 0.490 e. The molecular weight excluding hydrogens is 274 g/mol. The van der Waals surface area contributed by atoms with Crippen LogP contribution in [0.25, 0.3) is 0 Å². The molecule has 2 rings (SSSR count). The molecule has 0 saturated carbocycles. The summed E-state index contributed by atoms with van der Waals surface area (Å²) in [5, 5.41) is 0. The highest BCUT2D eigenvalue weighted by molar-refractivity contribution is 5.85. The second-order valence-electron chi connectivity index (χ2n) is 4.94. The summed E-state index contributed by atoms with van der Waals surface area (Å²) >= 11 is 0. The van der Waals surface area contributed by atoms with Crippen molar-refractivity contribution in [3.63, 3.8) is 0 Å². The molecule has 0 radical (unpaired) electrons. The van der Waals surface area contributed by atoms with E-state index in [1.165, 1.54) is 11.1 Å². The third kappa shape index (κ3) is 5.53. The summed E-state index contributed by atoms with van der Waals surface area (Å²) in [6.07, 6.45) is 4.26. The van der Waals surface area contributed by atoms with Crippen LogP contribution in [0.1, 0.15) is 11.1 Å². The number of hydrogen-bond acceptors (Lipinski definition) is 3. The van der Waals surface area contributed by atoms with Crippen molar-refractivity contribution in [2.45, 2.75) is 13.8 Å².